The standard InChI is InChI=1S/C11H21N3O/c15-11-8-12-7-10(11)14-5-3-13(4-6-14)9-1-2-9/h9-12,15H,1-8H2. The van der Waals surface area contributed by atoms with Crippen molar-refractivity contribution in [2.75, 3.05) is 39.3 Å². The second-order valence-electron chi connectivity index (χ2n) is 5.10. The molecule has 2 atom stereocenters. The summed E-state index contributed by atoms with van der Waals surface area (Å²) in [5.74, 6) is 0. The fourth-order valence-corrected chi connectivity index (χ4v) is 2.90. The maximum absolute atomic E-state index is 9.81. The first-order chi connectivity index (χ1) is 7.34. The smallest absolute Gasteiger partial charge is 0.0831 e. The Labute approximate surface area is 91.2 Å². The molecule has 0 spiro atoms. The second kappa shape index (κ2) is 4.01. The second-order valence-corrected chi connectivity index (χ2v) is 5.10. The van der Waals surface area contributed by atoms with Gasteiger partial charge >= 0.3 is 0 Å². The molecule has 0 aromatic carbocycles. The molecule has 3 fully saturated rings. The maximum Gasteiger partial charge on any atom is 0.0831 e. The number of nitrogens with one attached hydrogen (secondary N) is 1. The van der Waals surface area contributed by atoms with Gasteiger partial charge in [0.2, 0.25) is 0 Å². The van der Waals surface area contributed by atoms with Crippen molar-refractivity contribution in [3.8, 4) is 0 Å². The molecule has 4 heteroatoms. The molecule has 0 bridgehead atoms. The highest BCUT2D eigenvalue weighted by atomic mass is 16.3. The van der Waals surface area contributed by atoms with E-state index in [2.05, 4.69) is 15.1 Å². The third kappa shape index (κ3) is 2.04. The van der Waals surface area contributed by atoms with Crippen molar-refractivity contribution in [2.24, 2.45) is 0 Å². The average molecular weight is 211 g/mol. The van der Waals surface area contributed by atoms with Crippen molar-refractivity contribution < 1.29 is 5.11 Å². The topological polar surface area (TPSA) is 38.7 Å². The molecule has 2 aliphatic heterocycles. The van der Waals surface area contributed by atoms with Gasteiger partial charge in [0.15, 0.2) is 0 Å². The molecule has 15 heavy (non-hydrogen) atoms. The Hall–Kier alpha value is -0.160. The van der Waals surface area contributed by atoms with Gasteiger partial charge in [-0.05, 0) is 12.8 Å². The molecule has 0 aromatic heterocycles. The Bertz CT molecular complexity index is 224. The van der Waals surface area contributed by atoms with Crippen LogP contribution in [0.1, 0.15) is 12.8 Å². The Kier molecular flexibility index (Phi) is 2.68. The average Bonchev–Trinajstić information content (AvgIpc) is 3.02. The van der Waals surface area contributed by atoms with Crippen molar-refractivity contribution in [1.82, 2.24) is 15.1 Å². The van der Waals surface area contributed by atoms with Crippen LogP contribution in [-0.2, 0) is 0 Å². The van der Waals surface area contributed by atoms with E-state index in [9.17, 15) is 5.11 Å². The number of hydrogen-bond donors (Lipinski definition) is 2. The molecular formula is C11H21N3O. The summed E-state index contributed by atoms with van der Waals surface area (Å²) in [4.78, 5) is 5.08. The Balaban J connectivity index is 1.52. The summed E-state index contributed by atoms with van der Waals surface area (Å²) < 4.78 is 0. The summed E-state index contributed by atoms with van der Waals surface area (Å²) in [5.41, 5.74) is 0. The predicted octanol–water partition coefficient (Wildman–Crippen LogP) is -0.901. The van der Waals surface area contributed by atoms with E-state index in [-0.39, 0.29) is 6.10 Å². The van der Waals surface area contributed by atoms with Crippen LogP contribution in [0.25, 0.3) is 0 Å². The highest BCUT2D eigenvalue weighted by molar-refractivity contribution is 4.93. The van der Waals surface area contributed by atoms with Crippen molar-refractivity contribution in [3.63, 3.8) is 0 Å². The van der Waals surface area contributed by atoms with E-state index in [1.54, 1.807) is 0 Å². The largest absolute Gasteiger partial charge is 0.390 e. The molecule has 4 nitrogen and oxygen atoms in total. The molecule has 2 unspecified atom stereocenters. The normalized spacial score (nSPS) is 39.8. The zero-order chi connectivity index (χ0) is 10.3. The Morgan fingerprint density at radius 3 is 2.13 bits per heavy atom. The number of hydrogen-bond acceptors (Lipinski definition) is 4. The van der Waals surface area contributed by atoms with Gasteiger partial charge in [0.25, 0.3) is 0 Å². The zero-order valence-corrected chi connectivity index (χ0v) is 9.23. The molecule has 2 N–H and O–H groups in total. The van der Waals surface area contributed by atoms with Crippen LogP contribution in [0.2, 0.25) is 0 Å². The Morgan fingerprint density at radius 2 is 1.60 bits per heavy atom. The van der Waals surface area contributed by atoms with E-state index in [1.165, 1.54) is 25.9 Å². The van der Waals surface area contributed by atoms with E-state index in [0.717, 1.165) is 32.2 Å². The number of piperazine rings is 1. The minimum Gasteiger partial charge on any atom is -0.390 e. The first-order valence-electron chi connectivity index (χ1n) is 6.21. The lowest BCUT2D eigenvalue weighted by molar-refractivity contribution is 0.0423. The summed E-state index contributed by atoms with van der Waals surface area (Å²) in [7, 11) is 0. The van der Waals surface area contributed by atoms with E-state index in [0.29, 0.717) is 6.04 Å². The van der Waals surface area contributed by atoms with Gasteiger partial charge in [0.05, 0.1) is 6.10 Å². The third-order valence-electron chi connectivity index (χ3n) is 4.03. The number of aliphatic hydroxyl groups is 1. The summed E-state index contributed by atoms with van der Waals surface area (Å²) in [6.07, 6.45) is 2.67. The van der Waals surface area contributed by atoms with Crippen molar-refractivity contribution in [1.29, 1.82) is 0 Å². The molecule has 2 saturated heterocycles. The van der Waals surface area contributed by atoms with Gasteiger partial charge in [0, 0.05) is 51.4 Å². The fraction of sp³-hybridized carbons (Fsp3) is 1.00. The van der Waals surface area contributed by atoms with E-state index >= 15 is 0 Å². The Morgan fingerprint density at radius 1 is 0.933 bits per heavy atom. The van der Waals surface area contributed by atoms with E-state index < -0.39 is 0 Å². The molecular weight excluding hydrogens is 190 g/mol. The van der Waals surface area contributed by atoms with Crippen LogP contribution >= 0.6 is 0 Å². The maximum atomic E-state index is 9.81. The van der Waals surface area contributed by atoms with E-state index in [1.807, 2.05) is 0 Å². The zero-order valence-electron chi connectivity index (χ0n) is 9.23. The summed E-state index contributed by atoms with van der Waals surface area (Å²) in [6, 6.07) is 1.27. The van der Waals surface area contributed by atoms with Crippen molar-refractivity contribution in [2.45, 2.75) is 31.0 Å². The quantitative estimate of drug-likeness (QED) is 0.621. The van der Waals surface area contributed by atoms with Crippen molar-refractivity contribution in [3.05, 3.63) is 0 Å². The molecule has 86 valence electrons. The molecule has 3 rings (SSSR count). The van der Waals surface area contributed by atoms with Gasteiger partial charge in [-0.3, -0.25) is 9.80 Å². The molecule has 0 amide bonds. The summed E-state index contributed by atoms with van der Waals surface area (Å²) in [5, 5.41) is 13.1. The first-order valence-corrected chi connectivity index (χ1v) is 6.21. The summed E-state index contributed by atoms with van der Waals surface area (Å²) >= 11 is 0. The number of β-amino-alcohol motifs (C(OH)–C–C–N with tert-alkyl or cyclic N) is 1. The fourth-order valence-electron chi connectivity index (χ4n) is 2.90. The van der Waals surface area contributed by atoms with Gasteiger partial charge in [0.1, 0.15) is 0 Å². The molecule has 2 heterocycles. The van der Waals surface area contributed by atoms with Gasteiger partial charge in [-0.2, -0.15) is 0 Å². The number of rotatable bonds is 2. The highest BCUT2D eigenvalue weighted by Crippen LogP contribution is 2.28. The molecule has 0 aromatic rings. The lowest BCUT2D eigenvalue weighted by Gasteiger charge is -2.38. The SMILES string of the molecule is OC1CNCC1N1CCN(C2CC2)CC1. The lowest BCUT2D eigenvalue weighted by atomic mass is 10.1. The van der Waals surface area contributed by atoms with Crippen LogP contribution in [0.5, 0.6) is 0 Å². The van der Waals surface area contributed by atoms with E-state index in [4.69, 9.17) is 0 Å². The van der Waals surface area contributed by atoms with Gasteiger partial charge < -0.3 is 10.4 Å². The van der Waals surface area contributed by atoms with Crippen LogP contribution in [0.4, 0.5) is 0 Å². The first kappa shape index (κ1) is 10.0. The van der Waals surface area contributed by atoms with Crippen molar-refractivity contribution >= 4 is 0 Å². The predicted molar refractivity (Wildman–Crippen MR) is 58.8 cm³/mol. The molecule has 3 aliphatic rings. The van der Waals surface area contributed by atoms with Gasteiger partial charge in [-0.15, -0.1) is 0 Å². The lowest BCUT2D eigenvalue weighted by Crippen LogP contribution is -2.54. The number of nitrogens with zero attached hydrogens (tertiary/aromatic N) is 2. The molecule has 1 aliphatic carbocycles. The minimum atomic E-state index is -0.155. The third-order valence-corrected chi connectivity index (χ3v) is 4.03. The number of aliphatic hydroxyl groups excluding tert-OH is 1. The van der Waals surface area contributed by atoms with Crippen LogP contribution < -0.4 is 5.32 Å². The highest BCUT2D eigenvalue weighted by Gasteiger charge is 2.35. The monoisotopic (exact) mass is 211 g/mol. The van der Waals surface area contributed by atoms with Crippen LogP contribution in [0, 0.1) is 0 Å². The minimum absolute atomic E-state index is 0.155. The van der Waals surface area contributed by atoms with Gasteiger partial charge in [-0.25, -0.2) is 0 Å². The van der Waals surface area contributed by atoms with Crippen LogP contribution in [0.15, 0.2) is 0 Å². The molecule has 0 radical (unpaired) electrons. The van der Waals surface area contributed by atoms with Gasteiger partial charge in [-0.1, -0.05) is 0 Å². The summed E-state index contributed by atoms with van der Waals surface area (Å²) in [6.45, 7) is 6.42. The molecule has 1 saturated carbocycles. The van der Waals surface area contributed by atoms with Crippen LogP contribution in [0.3, 0.4) is 0 Å². The van der Waals surface area contributed by atoms with Crippen LogP contribution in [-0.4, -0.2) is 72.4 Å².